The summed E-state index contributed by atoms with van der Waals surface area (Å²) >= 11 is 0. The van der Waals surface area contributed by atoms with Crippen molar-refractivity contribution in [3.8, 4) is 11.1 Å². The number of anilines is 1. The lowest BCUT2D eigenvalue weighted by Crippen LogP contribution is -2.33. The molecular weight excluding hydrogens is 242 g/mol. The predicted molar refractivity (Wildman–Crippen MR) is 87.1 cm³/mol. The van der Waals surface area contributed by atoms with Crippen LogP contribution in [0.25, 0.3) is 11.1 Å². The second kappa shape index (κ2) is 5.16. The van der Waals surface area contributed by atoms with Crippen LogP contribution in [0.3, 0.4) is 0 Å². The fourth-order valence-corrected chi connectivity index (χ4v) is 2.60. The lowest BCUT2D eigenvalue weighted by atomic mass is 9.97. The van der Waals surface area contributed by atoms with Gasteiger partial charge >= 0.3 is 0 Å². The molecule has 2 aromatic carbocycles. The molecule has 1 aliphatic rings. The molecule has 1 saturated heterocycles. The Morgan fingerprint density at radius 2 is 1.75 bits per heavy atom. The maximum Gasteiger partial charge on any atom is 0.0408 e. The van der Waals surface area contributed by atoms with Gasteiger partial charge in [0, 0.05) is 24.4 Å². The first-order valence-electron chi connectivity index (χ1n) is 7.31. The van der Waals surface area contributed by atoms with Crippen LogP contribution in [0.15, 0.2) is 60.8 Å². The summed E-state index contributed by atoms with van der Waals surface area (Å²) in [6.45, 7) is 9.62. The average Bonchev–Trinajstić information content (AvgIpc) is 2.46. The van der Waals surface area contributed by atoms with Gasteiger partial charge in [-0.1, -0.05) is 56.8 Å². The first-order valence-corrected chi connectivity index (χ1v) is 7.31. The standard InChI is InChI=1S/C19H21N/c1-14(2)17-5-4-6-18(13-17)16-7-9-19(10-8-16)20-12-11-15(20)3/h4-10,13-14H,3,11-12H2,1-2H3. The Kier molecular flexibility index (Phi) is 3.35. The second-order valence-corrected chi connectivity index (χ2v) is 5.79. The highest BCUT2D eigenvalue weighted by Crippen LogP contribution is 2.31. The topological polar surface area (TPSA) is 3.24 Å². The number of benzene rings is 2. The Morgan fingerprint density at radius 1 is 1.00 bits per heavy atom. The molecule has 2 aromatic rings. The number of hydrogen-bond donors (Lipinski definition) is 0. The van der Waals surface area contributed by atoms with E-state index in [1.807, 2.05) is 0 Å². The van der Waals surface area contributed by atoms with Crippen molar-refractivity contribution in [3.05, 3.63) is 66.4 Å². The number of hydrogen-bond acceptors (Lipinski definition) is 1. The summed E-state index contributed by atoms with van der Waals surface area (Å²) < 4.78 is 0. The van der Waals surface area contributed by atoms with Crippen LogP contribution in [-0.2, 0) is 0 Å². The van der Waals surface area contributed by atoms with Gasteiger partial charge < -0.3 is 4.90 Å². The predicted octanol–water partition coefficient (Wildman–Crippen LogP) is 5.20. The molecule has 102 valence electrons. The first-order chi connectivity index (χ1) is 9.65. The van der Waals surface area contributed by atoms with E-state index in [1.54, 1.807) is 0 Å². The minimum atomic E-state index is 0.568. The van der Waals surface area contributed by atoms with E-state index in [-0.39, 0.29) is 0 Å². The molecule has 0 atom stereocenters. The summed E-state index contributed by atoms with van der Waals surface area (Å²) in [5.74, 6) is 0.568. The fraction of sp³-hybridized carbons (Fsp3) is 0.263. The van der Waals surface area contributed by atoms with Crippen LogP contribution in [0.1, 0.15) is 31.7 Å². The van der Waals surface area contributed by atoms with E-state index in [1.165, 1.54) is 28.1 Å². The minimum Gasteiger partial charge on any atom is -0.345 e. The van der Waals surface area contributed by atoms with E-state index < -0.39 is 0 Å². The van der Waals surface area contributed by atoms with E-state index in [0.29, 0.717) is 5.92 Å². The van der Waals surface area contributed by atoms with Crippen molar-refractivity contribution >= 4 is 5.69 Å². The van der Waals surface area contributed by atoms with Crippen LogP contribution in [-0.4, -0.2) is 6.54 Å². The molecule has 0 bridgehead atoms. The van der Waals surface area contributed by atoms with Crippen LogP contribution in [0.2, 0.25) is 0 Å². The molecule has 0 aliphatic carbocycles. The van der Waals surface area contributed by atoms with Gasteiger partial charge in [0.2, 0.25) is 0 Å². The van der Waals surface area contributed by atoms with Gasteiger partial charge in [-0.3, -0.25) is 0 Å². The van der Waals surface area contributed by atoms with Gasteiger partial charge in [-0.05, 0) is 34.7 Å². The van der Waals surface area contributed by atoms with E-state index in [4.69, 9.17) is 0 Å². The molecule has 1 heterocycles. The van der Waals surface area contributed by atoms with Crippen molar-refractivity contribution in [3.63, 3.8) is 0 Å². The summed E-state index contributed by atoms with van der Waals surface area (Å²) in [6, 6.07) is 17.6. The largest absolute Gasteiger partial charge is 0.345 e. The Morgan fingerprint density at radius 3 is 2.30 bits per heavy atom. The molecule has 0 spiro atoms. The van der Waals surface area contributed by atoms with E-state index in [0.717, 1.165) is 13.0 Å². The van der Waals surface area contributed by atoms with Gasteiger partial charge in [-0.25, -0.2) is 0 Å². The molecule has 0 aromatic heterocycles. The molecule has 0 saturated carbocycles. The Bertz CT molecular complexity index is 622. The Labute approximate surface area is 121 Å². The van der Waals surface area contributed by atoms with E-state index >= 15 is 0 Å². The van der Waals surface area contributed by atoms with E-state index in [2.05, 4.69) is 73.9 Å². The van der Waals surface area contributed by atoms with Gasteiger partial charge in [0.25, 0.3) is 0 Å². The van der Waals surface area contributed by atoms with Crippen LogP contribution in [0.4, 0.5) is 5.69 Å². The van der Waals surface area contributed by atoms with Crippen LogP contribution in [0, 0.1) is 0 Å². The van der Waals surface area contributed by atoms with Crippen LogP contribution in [0.5, 0.6) is 0 Å². The maximum atomic E-state index is 4.06. The van der Waals surface area contributed by atoms with Crippen molar-refractivity contribution < 1.29 is 0 Å². The molecule has 1 fully saturated rings. The molecule has 1 nitrogen and oxygen atoms in total. The summed E-state index contributed by atoms with van der Waals surface area (Å²) in [6.07, 6.45) is 1.12. The van der Waals surface area contributed by atoms with E-state index in [9.17, 15) is 0 Å². The molecule has 0 N–H and O–H groups in total. The van der Waals surface area contributed by atoms with Crippen molar-refractivity contribution in [1.29, 1.82) is 0 Å². The smallest absolute Gasteiger partial charge is 0.0408 e. The maximum absolute atomic E-state index is 4.06. The van der Waals surface area contributed by atoms with Gasteiger partial charge in [-0.15, -0.1) is 0 Å². The van der Waals surface area contributed by atoms with Gasteiger partial charge in [0.1, 0.15) is 0 Å². The Balaban J connectivity index is 1.87. The summed E-state index contributed by atoms with van der Waals surface area (Å²) in [5.41, 5.74) is 6.44. The van der Waals surface area contributed by atoms with Gasteiger partial charge in [0.15, 0.2) is 0 Å². The third-order valence-corrected chi connectivity index (χ3v) is 4.07. The van der Waals surface area contributed by atoms with Crippen molar-refractivity contribution in [2.24, 2.45) is 0 Å². The zero-order valence-corrected chi connectivity index (χ0v) is 12.3. The highest BCUT2D eigenvalue weighted by atomic mass is 15.2. The molecule has 20 heavy (non-hydrogen) atoms. The summed E-state index contributed by atoms with van der Waals surface area (Å²) in [5, 5.41) is 0. The lowest BCUT2D eigenvalue weighted by Gasteiger charge is -2.35. The zero-order chi connectivity index (χ0) is 14.1. The van der Waals surface area contributed by atoms with Gasteiger partial charge in [0.05, 0.1) is 0 Å². The third-order valence-electron chi connectivity index (χ3n) is 4.07. The van der Waals surface area contributed by atoms with Crippen LogP contribution >= 0.6 is 0 Å². The monoisotopic (exact) mass is 263 g/mol. The average molecular weight is 263 g/mol. The molecule has 3 rings (SSSR count). The van der Waals surface area contributed by atoms with Crippen molar-refractivity contribution in [1.82, 2.24) is 0 Å². The summed E-state index contributed by atoms with van der Waals surface area (Å²) in [4.78, 5) is 2.27. The zero-order valence-electron chi connectivity index (χ0n) is 12.3. The normalized spacial score (nSPS) is 14.6. The first kappa shape index (κ1) is 13.0. The summed E-state index contributed by atoms with van der Waals surface area (Å²) in [7, 11) is 0. The number of rotatable bonds is 3. The van der Waals surface area contributed by atoms with Gasteiger partial charge in [-0.2, -0.15) is 0 Å². The Hall–Kier alpha value is -2.02. The van der Waals surface area contributed by atoms with Crippen molar-refractivity contribution in [2.45, 2.75) is 26.2 Å². The molecule has 0 unspecified atom stereocenters. The quantitative estimate of drug-likeness (QED) is 0.735. The third kappa shape index (κ3) is 2.36. The lowest BCUT2D eigenvalue weighted by molar-refractivity contribution is 0.727. The molecule has 0 radical (unpaired) electrons. The molecule has 1 heteroatoms. The highest BCUT2D eigenvalue weighted by Gasteiger charge is 2.18. The van der Waals surface area contributed by atoms with Crippen LogP contribution < -0.4 is 4.90 Å². The minimum absolute atomic E-state index is 0.568. The molecular formula is C19H21N. The molecule has 0 amide bonds. The SMILES string of the molecule is C=C1CCN1c1ccc(-c2cccc(C(C)C)c2)cc1. The fourth-order valence-electron chi connectivity index (χ4n) is 2.60. The highest BCUT2D eigenvalue weighted by molar-refractivity contribution is 5.68. The number of nitrogens with zero attached hydrogens (tertiary/aromatic N) is 1. The second-order valence-electron chi connectivity index (χ2n) is 5.79. The van der Waals surface area contributed by atoms with Crippen molar-refractivity contribution in [2.75, 3.05) is 11.4 Å². The molecule has 1 aliphatic heterocycles.